The monoisotopic (exact) mass is 153 g/mol. The van der Waals surface area contributed by atoms with E-state index in [1.165, 1.54) is 0 Å². The number of azo groups is 1. The fraction of sp³-hybridized carbons (Fsp3) is 0.875. The van der Waals surface area contributed by atoms with Crippen molar-refractivity contribution in [1.82, 2.24) is 0 Å². The van der Waals surface area contributed by atoms with E-state index in [0.717, 1.165) is 0 Å². The SMILES string of the molecule is CC(C)(C)/N=N/C(C)(C)C#N. The van der Waals surface area contributed by atoms with Gasteiger partial charge in [0.15, 0.2) is 5.54 Å². The topological polar surface area (TPSA) is 48.5 Å². The van der Waals surface area contributed by atoms with Gasteiger partial charge in [0.2, 0.25) is 0 Å². The van der Waals surface area contributed by atoms with E-state index in [2.05, 4.69) is 16.3 Å². The second kappa shape index (κ2) is 3.00. The second-order valence-electron chi connectivity index (χ2n) is 4.04. The lowest BCUT2D eigenvalue weighted by Gasteiger charge is -2.13. The van der Waals surface area contributed by atoms with Crippen LogP contribution in [-0.2, 0) is 0 Å². The van der Waals surface area contributed by atoms with Gasteiger partial charge >= 0.3 is 0 Å². The third kappa shape index (κ3) is 5.53. The van der Waals surface area contributed by atoms with E-state index in [1.54, 1.807) is 13.8 Å². The first-order valence-electron chi connectivity index (χ1n) is 3.62. The van der Waals surface area contributed by atoms with Crippen LogP contribution in [0.2, 0.25) is 0 Å². The number of rotatable bonds is 1. The molecule has 0 rings (SSSR count). The van der Waals surface area contributed by atoms with Crippen molar-refractivity contribution < 1.29 is 0 Å². The lowest BCUT2D eigenvalue weighted by Crippen LogP contribution is -2.16. The van der Waals surface area contributed by atoms with Crippen molar-refractivity contribution in [1.29, 1.82) is 5.26 Å². The van der Waals surface area contributed by atoms with Crippen LogP contribution in [0.3, 0.4) is 0 Å². The number of nitriles is 1. The highest BCUT2D eigenvalue weighted by atomic mass is 15.2. The van der Waals surface area contributed by atoms with Crippen LogP contribution >= 0.6 is 0 Å². The zero-order valence-electron chi connectivity index (χ0n) is 7.84. The van der Waals surface area contributed by atoms with Crippen LogP contribution in [0.5, 0.6) is 0 Å². The largest absolute Gasteiger partial charge is 0.196 e. The van der Waals surface area contributed by atoms with Crippen molar-refractivity contribution in [2.24, 2.45) is 10.2 Å². The van der Waals surface area contributed by atoms with Crippen LogP contribution < -0.4 is 0 Å². The molecule has 0 aromatic carbocycles. The highest BCUT2D eigenvalue weighted by molar-refractivity contribution is 4.99. The molecule has 3 nitrogen and oxygen atoms in total. The zero-order valence-corrected chi connectivity index (χ0v) is 7.84. The van der Waals surface area contributed by atoms with Crippen LogP contribution in [-0.4, -0.2) is 11.1 Å². The van der Waals surface area contributed by atoms with Crippen molar-refractivity contribution in [3.05, 3.63) is 0 Å². The molecular formula is C8H15N3. The summed E-state index contributed by atoms with van der Waals surface area (Å²) in [6, 6.07) is 2.05. The molecule has 11 heavy (non-hydrogen) atoms. The fourth-order valence-electron chi connectivity index (χ4n) is 0.297. The Hall–Kier alpha value is -0.910. The molecule has 0 aromatic rings. The van der Waals surface area contributed by atoms with E-state index in [0.29, 0.717) is 0 Å². The predicted molar refractivity (Wildman–Crippen MR) is 44.3 cm³/mol. The summed E-state index contributed by atoms with van der Waals surface area (Å²) in [6.07, 6.45) is 0. The molecule has 0 aliphatic rings. The first kappa shape index (κ1) is 10.1. The van der Waals surface area contributed by atoms with Gasteiger partial charge in [-0.05, 0) is 34.6 Å². The van der Waals surface area contributed by atoms with Gasteiger partial charge in [-0.3, -0.25) is 0 Å². The minimum atomic E-state index is -0.687. The molecule has 0 heterocycles. The van der Waals surface area contributed by atoms with Crippen molar-refractivity contribution in [2.75, 3.05) is 0 Å². The van der Waals surface area contributed by atoms with E-state index in [-0.39, 0.29) is 5.54 Å². The fourth-order valence-corrected chi connectivity index (χ4v) is 0.297. The number of hydrogen-bond donors (Lipinski definition) is 0. The lowest BCUT2D eigenvalue weighted by molar-refractivity contribution is 0.495. The van der Waals surface area contributed by atoms with E-state index >= 15 is 0 Å². The lowest BCUT2D eigenvalue weighted by atomic mass is 10.1. The highest BCUT2D eigenvalue weighted by Crippen LogP contribution is 2.13. The Bertz CT molecular complexity index is 190. The van der Waals surface area contributed by atoms with Gasteiger partial charge in [0, 0.05) is 0 Å². The first-order valence-corrected chi connectivity index (χ1v) is 3.62. The molecule has 0 aromatic heterocycles. The molecule has 0 bridgehead atoms. The third-order valence-corrected chi connectivity index (χ3v) is 0.874. The van der Waals surface area contributed by atoms with Crippen molar-refractivity contribution in [3.63, 3.8) is 0 Å². The molecule has 0 unspecified atom stereocenters. The van der Waals surface area contributed by atoms with Crippen molar-refractivity contribution in [2.45, 2.75) is 45.7 Å². The Morgan fingerprint density at radius 2 is 1.45 bits per heavy atom. The van der Waals surface area contributed by atoms with Gasteiger partial charge in [-0.1, -0.05) is 0 Å². The van der Waals surface area contributed by atoms with Gasteiger partial charge in [0.25, 0.3) is 0 Å². The standard InChI is InChI=1S/C8H15N3/c1-7(2,3)10-11-8(4,5)6-9/h1-5H3/b11-10+. The summed E-state index contributed by atoms with van der Waals surface area (Å²) in [5.41, 5.74) is -0.874. The second-order valence-corrected chi connectivity index (χ2v) is 4.04. The summed E-state index contributed by atoms with van der Waals surface area (Å²) in [4.78, 5) is 0. The first-order chi connectivity index (χ1) is 4.77. The van der Waals surface area contributed by atoms with E-state index in [1.807, 2.05) is 20.8 Å². The summed E-state index contributed by atoms with van der Waals surface area (Å²) in [7, 11) is 0. The van der Waals surface area contributed by atoms with Crippen molar-refractivity contribution >= 4 is 0 Å². The Morgan fingerprint density at radius 3 is 1.73 bits per heavy atom. The maximum atomic E-state index is 8.59. The zero-order chi connectivity index (χ0) is 9.12. The van der Waals surface area contributed by atoms with Crippen molar-refractivity contribution in [3.8, 4) is 6.07 Å². The molecule has 0 spiro atoms. The number of nitrogens with zero attached hydrogens (tertiary/aromatic N) is 3. The quantitative estimate of drug-likeness (QED) is 0.534. The number of hydrogen-bond acceptors (Lipinski definition) is 3. The van der Waals surface area contributed by atoms with E-state index in [9.17, 15) is 0 Å². The van der Waals surface area contributed by atoms with Crippen LogP contribution in [0.15, 0.2) is 10.2 Å². The molecule has 0 saturated carbocycles. The molecule has 62 valence electrons. The molecule has 0 N–H and O–H groups in total. The summed E-state index contributed by atoms with van der Waals surface area (Å²) >= 11 is 0. The predicted octanol–water partition coefficient (Wildman–Crippen LogP) is 2.54. The van der Waals surface area contributed by atoms with E-state index in [4.69, 9.17) is 5.26 Å². The van der Waals surface area contributed by atoms with Gasteiger partial charge in [-0.25, -0.2) is 0 Å². The van der Waals surface area contributed by atoms with E-state index < -0.39 is 5.54 Å². The maximum absolute atomic E-state index is 8.59. The average molecular weight is 153 g/mol. The molecular weight excluding hydrogens is 138 g/mol. The summed E-state index contributed by atoms with van der Waals surface area (Å²) in [5, 5.41) is 16.5. The van der Waals surface area contributed by atoms with Crippen LogP contribution in [0.25, 0.3) is 0 Å². The molecule has 0 saturated heterocycles. The van der Waals surface area contributed by atoms with Crippen LogP contribution in [0.1, 0.15) is 34.6 Å². The summed E-state index contributed by atoms with van der Waals surface area (Å²) in [5.74, 6) is 0. The Kier molecular flexibility index (Phi) is 2.75. The molecule has 0 aliphatic carbocycles. The molecule has 0 fully saturated rings. The van der Waals surface area contributed by atoms with Gasteiger partial charge in [0.05, 0.1) is 11.6 Å². The molecule has 0 atom stereocenters. The van der Waals surface area contributed by atoms with Crippen LogP contribution in [0, 0.1) is 11.3 Å². The molecule has 0 radical (unpaired) electrons. The van der Waals surface area contributed by atoms with Crippen LogP contribution in [0.4, 0.5) is 0 Å². The Labute approximate surface area is 68.1 Å². The molecule has 0 amide bonds. The maximum Gasteiger partial charge on any atom is 0.161 e. The van der Waals surface area contributed by atoms with Gasteiger partial charge in [-0.15, -0.1) is 0 Å². The minimum Gasteiger partial charge on any atom is -0.196 e. The Morgan fingerprint density at radius 1 is 1.00 bits per heavy atom. The van der Waals surface area contributed by atoms with Gasteiger partial charge in [-0.2, -0.15) is 15.5 Å². The average Bonchev–Trinajstić information content (AvgIpc) is 1.83. The van der Waals surface area contributed by atoms with Gasteiger partial charge in [0.1, 0.15) is 0 Å². The molecule has 3 heteroatoms. The smallest absolute Gasteiger partial charge is 0.161 e. The molecule has 0 aliphatic heterocycles. The van der Waals surface area contributed by atoms with Gasteiger partial charge < -0.3 is 0 Å². The Balaban J connectivity index is 4.28. The minimum absolute atomic E-state index is 0.186. The highest BCUT2D eigenvalue weighted by Gasteiger charge is 2.16. The summed E-state index contributed by atoms with van der Waals surface area (Å²) < 4.78 is 0. The normalized spacial score (nSPS) is 13.5. The third-order valence-electron chi connectivity index (χ3n) is 0.874. The summed E-state index contributed by atoms with van der Waals surface area (Å²) in [6.45, 7) is 9.32.